The third kappa shape index (κ3) is 9.31. The van der Waals surface area contributed by atoms with E-state index >= 15 is 8.78 Å². The van der Waals surface area contributed by atoms with Crippen molar-refractivity contribution in [3.8, 4) is 0 Å². The van der Waals surface area contributed by atoms with Crippen LogP contribution >= 0.6 is 0 Å². The van der Waals surface area contributed by atoms with Gasteiger partial charge in [-0.05, 0) is 37.5 Å². The topological polar surface area (TPSA) is 158 Å². The number of aliphatic hydroxyl groups excluding tert-OH is 1. The number of esters is 1. The van der Waals surface area contributed by atoms with E-state index in [1.54, 1.807) is 12.1 Å². The number of amides is 2. The number of halogens is 2. The van der Waals surface area contributed by atoms with Crippen LogP contribution in [-0.4, -0.2) is 64.0 Å². The van der Waals surface area contributed by atoms with Crippen molar-refractivity contribution >= 4 is 29.5 Å². The lowest BCUT2D eigenvalue weighted by molar-refractivity contribution is -0.176. The Labute approximate surface area is 241 Å². The van der Waals surface area contributed by atoms with Gasteiger partial charge in [0.25, 0.3) is 0 Å². The first kappa shape index (κ1) is 32.6. The molecule has 3 atom stereocenters. The molecule has 42 heavy (non-hydrogen) atoms. The number of ether oxygens (including phenoxy) is 3. The number of para-hydroxylation sites is 1. The van der Waals surface area contributed by atoms with Crippen LogP contribution in [0.25, 0.3) is 0 Å². The Morgan fingerprint density at radius 1 is 1.05 bits per heavy atom. The standard InChI is InChI=1S/C28H36F2N4O8/c1-2-3-17-40-27(39)33-21-15-16-34(26(38)32-21)25-28(29,30)24(20(18-35)41-25)42-23(37)14-10-5-4-9-13-22(36)31-19-11-7-6-8-12-19/h6-8,11-12,15-16,20,24-25,35H,2-5,9-10,13-14,17-18H2,1H3,(H,31,36)(H,32,33,38,39)/t20-,24-,25-/m1/s1. The molecular weight excluding hydrogens is 558 g/mol. The van der Waals surface area contributed by atoms with Crippen molar-refractivity contribution in [1.29, 1.82) is 0 Å². The number of alkyl halides is 2. The van der Waals surface area contributed by atoms with Gasteiger partial charge in [0, 0.05) is 24.7 Å². The van der Waals surface area contributed by atoms with Crippen molar-refractivity contribution in [2.75, 3.05) is 23.8 Å². The summed E-state index contributed by atoms with van der Waals surface area (Å²) >= 11 is 0. The van der Waals surface area contributed by atoms with Crippen molar-refractivity contribution in [3.05, 3.63) is 53.1 Å². The molecule has 2 heterocycles. The predicted octanol–water partition coefficient (Wildman–Crippen LogP) is 4.01. The Kier molecular flexibility index (Phi) is 12.4. The Morgan fingerprint density at radius 2 is 1.76 bits per heavy atom. The summed E-state index contributed by atoms with van der Waals surface area (Å²) in [5, 5.41) is 14.6. The largest absolute Gasteiger partial charge is 0.453 e. The lowest BCUT2D eigenvalue weighted by Crippen LogP contribution is -2.44. The van der Waals surface area contributed by atoms with Crippen LogP contribution in [0, 0.1) is 0 Å². The predicted molar refractivity (Wildman–Crippen MR) is 147 cm³/mol. The van der Waals surface area contributed by atoms with Crippen LogP contribution in [0.15, 0.2) is 47.4 Å². The average Bonchev–Trinajstić information content (AvgIpc) is 3.20. The van der Waals surface area contributed by atoms with Crippen molar-refractivity contribution in [2.24, 2.45) is 0 Å². The fourth-order valence-electron chi connectivity index (χ4n) is 4.22. The van der Waals surface area contributed by atoms with Crippen LogP contribution in [0.1, 0.15) is 64.5 Å². The number of aliphatic hydroxyl groups is 1. The fraction of sp³-hybridized carbons (Fsp3) is 0.536. The van der Waals surface area contributed by atoms with E-state index in [4.69, 9.17) is 14.2 Å². The maximum Gasteiger partial charge on any atom is 0.412 e. The highest BCUT2D eigenvalue weighted by Gasteiger charge is 2.62. The lowest BCUT2D eigenvalue weighted by atomic mass is 10.1. The first-order chi connectivity index (χ1) is 20.1. The zero-order chi connectivity index (χ0) is 30.5. The summed E-state index contributed by atoms with van der Waals surface area (Å²) in [6.45, 7) is 1.19. The molecule has 3 rings (SSSR count). The number of nitrogens with zero attached hydrogens (tertiary/aromatic N) is 2. The summed E-state index contributed by atoms with van der Waals surface area (Å²) < 4.78 is 46.3. The summed E-state index contributed by atoms with van der Waals surface area (Å²) in [7, 11) is 0. The number of carbonyl (C=O) groups is 3. The summed E-state index contributed by atoms with van der Waals surface area (Å²) in [6, 6.07) is 10.1. The molecule has 1 fully saturated rings. The van der Waals surface area contributed by atoms with Gasteiger partial charge in [-0.1, -0.05) is 44.4 Å². The number of unbranched alkanes of at least 4 members (excludes halogenated alkanes) is 4. The second kappa shape index (κ2) is 15.9. The molecule has 0 bridgehead atoms. The molecule has 0 spiro atoms. The summed E-state index contributed by atoms with van der Waals surface area (Å²) in [6.07, 6.45) is -2.07. The van der Waals surface area contributed by atoms with Crippen LogP contribution < -0.4 is 16.3 Å². The molecule has 3 N–H and O–H groups in total. The third-order valence-corrected chi connectivity index (χ3v) is 6.42. The number of rotatable bonds is 15. The van der Waals surface area contributed by atoms with Gasteiger partial charge in [-0.3, -0.25) is 19.5 Å². The number of hydrogen-bond donors (Lipinski definition) is 3. The number of anilines is 2. The van der Waals surface area contributed by atoms with E-state index in [9.17, 15) is 24.3 Å². The van der Waals surface area contributed by atoms with E-state index in [1.807, 2.05) is 25.1 Å². The van der Waals surface area contributed by atoms with E-state index in [-0.39, 0.29) is 24.8 Å². The fourth-order valence-corrected chi connectivity index (χ4v) is 4.22. The Hall–Kier alpha value is -3.91. The molecule has 1 aromatic heterocycles. The van der Waals surface area contributed by atoms with E-state index < -0.39 is 48.7 Å². The van der Waals surface area contributed by atoms with Crippen molar-refractivity contribution in [2.45, 2.75) is 82.6 Å². The first-order valence-electron chi connectivity index (χ1n) is 13.9. The minimum absolute atomic E-state index is 0.126. The van der Waals surface area contributed by atoms with Crippen LogP contribution in [-0.2, 0) is 23.8 Å². The Balaban J connectivity index is 1.47. The van der Waals surface area contributed by atoms with Crippen LogP contribution in [0.2, 0.25) is 0 Å². The average molecular weight is 595 g/mol. The van der Waals surface area contributed by atoms with Gasteiger partial charge in [0.1, 0.15) is 11.9 Å². The SMILES string of the molecule is CCCCOC(=O)Nc1ccn([C@@H]2O[C@H](CO)[C@@H](OC(=O)CCCCCCC(=O)Nc3ccccc3)C2(F)F)c(=O)n1. The first-order valence-corrected chi connectivity index (χ1v) is 13.9. The zero-order valence-corrected chi connectivity index (χ0v) is 23.3. The molecule has 0 saturated carbocycles. The lowest BCUT2D eigenvalue weighted by Gasteiger charge is -2.24. The molecule has 1 aromatic carbocycles. The minimum Gasteiger partial charge on any atom is -0.453 e. The van der Waals surface area contributed by atoms with Gasteiger partial charge >= 0.3 is 23.7 Å². The molecule has 14 heteroatoms. The molecule has 2 amide bonds. The maximum atomic E-state index is 15.3. The van der Waals surface area contributed by atoms with Crippen LogP contribution in [0.5, 0.6) is 0 Å². The molecule has 0 aliphatic carbocycles. The van der Waals surface area contributed by atoms with Crippen LogP contribution in [0.3, 0.4) is 0 Å². The van der Waals surface area contributed by atoms with Gasteiger partial charge in [-0.15, -0.1) is 0 Å². The van der Waals surface area contributed by atoms with Crippen molar-refractivity contribution in [1.82, 2.24) is 9.55 Å². The molecule has 12 nitrogen and oxygen atoms in total. The van der Waals surface area contributed by atoms with E-state index in [0.717, 1.165) is 18.7 Å². The zero-order valence-electron chi connectivity index (χ0n) is 23.3. The van der Waals surface area contributed by atoms with Gasteiger partial charge in [0.2, 0.25) is 12.1 Å². The van der Waals surface area contributed by atoms with E-state index in [2.05, 4.69) is 15.6 Å². The van der Waals surface area contributed by atoms with Gasteiger partial charge < -0.3 is 24.6 Å². The third-order valence-electron chi connectivity index (χ3n) is 6.42. The van der Waals surface area contributed by atoms with E-state index in [0.29, 0.717) is 48.8 Å². The molecule has 230 valence electrons. The number of hydrogen-bond acceptors (Lipinski definition) is 9. The highest BCUT2D eigenvalue weighted by Crippen LogP contribution is 2.44. The Bertz CT molecular complexity index is 1240. The minimum atomic E-state index is -3.88. The number of benzene rings is 1. The van der Waals surface area contributed by atoms with E-state index in [1.165, 1.54) is 0 Å². The second-order valence-corrected chi connectivity index (χ2v) is 9.74. The summed E-state index contributed by atoms with van der Waals surface area (Å²) in [5.41, 5.74) is -0.455. The molecule has 1 aliphatic rings. The van der Waals surface area contributed by atoms with Gasteiger partial charge in [-0.25, -0.2) is 9.59 Å². The summed E-state index contributed by atoms with van der Waals surface area (Å²) in [4.78, 5) is 52.2. The molecule has 0 radical (unpaired) electrons. The smallest absolute Gasteiger partial charge is 0.412 e. The monoisotopic (exact) mass is 594 g/mol. The quantitative estimate of drug-likeness (QED) is 0.205. The van der Waals surface area contributed by atoms with Crippen molar-refractivity contribution < 1.29 is 42.5 Å². The maximum absolute atomic E-state index is 15.3. The second-order valence-electron chi connectivity index (χ2n) is 9.74. The number of carbonyl (C=O) groups excluding carboxylic acids is 3. The number of aromatic nitrogens is 2. The molecule has 1 saturated heterocycles. The van der Waals surface area contributed by atoms with Gasteiger partial charge in [0.05, 0.1) is 13.2 Å². The highest BCUT2D eigenvalue weighted by atomic mass is 19.3. The highest BCUT2D eigenvalue weighted by molar-refractivity contribution is 5.90. The summed E-state index contributed by atoms with van der Waals surface area (Å²) in [5.74, 6) is -5.12. The number of nitrogens with one attached hydrogen (secondary N) is 2. The van der Waals surface area contributed by atoms with Gasteiger partial charge in [0.15, 0.2) is 6.10 Å². The normalized spacial score (nSPS) is 19.2. The molecule has 0 unspecified atom stereocenters. The molecular formula is C28H36F2N4O8. The Morgan fingerprint density at radius 3 is 2.43 bits per heavy atom. The molecule has 1 aliphatic heterocycles. The van der Waals surface area contributed by atoms with Gasteiger partial charge in [-0.2, -0.15) is 13.8 Å². The van der Waals surface area contributed by atoms with Crippen molar-refractivity contribution in [3.63, 3.8) is 0 Å². The van der Waals surface area contributed by atoms with Crippen LogP contribution in [0.4, 0.5) is 25.1 Å². The molecule has 2 aromatic rings.